The van der Waals surface area contributed by atoms with Gasteiger partial charge in [-0.1, -0.05) is 32.9 Å². The van der Waals surface area contributed by atoms with E-state index >= 15 is 0 Å². The second kappa shape index (κ2) is 5.71. The summed E-state index contributed by atoms with van der Waals surface area (Å²) in [5, 5.41) is 2.67. The van der Waals surface area contributed by atoms with Gasteiger partial charge in [-0.3, -0.25) is 4.79 Å². The number of nitrogens with one attached hydrogen (secondary N) is 1. The minimum atomic E-state index is -0.203. The van der Waals surface area contributed by atoms with Crippen molar-refractivity contribution < 1.29 is 4.79 Å². The number of nitrogens with two attached hydrogens (primary N) is 1. The number of rotatable bonds is 3. The van der Waals surface area contributed by atoms with E-state index in [-0.39, 0.29) is 17.7 Å². The van der Waals surface area contributed by atoms with Crippen molar-refractivity contribution in [1.29, 1.82) is 0 Å². The van der Waals surface area contributed by atoms with Crippen LogP contribution in [-0.4, -0.2) is 5.91 Å². The Hall–Kier alpha value is -1.51. The van der Waals surface area contributed by atoms with Crippen LogP contribution in [0.1, 0.15) is 27.2 Å². The van der Waals surface area contributed by atoms with Gasteiger partial charge >= 0.3 is 0 Å². The Kier molecular flexibility index (Phi) is 4.55. The van der Waals surface area contributed by atoms with Gasteiger partial charge in [0.05, 0.1) is 5.70 Å². The molecule has 0 saturated heterocycles. The first kappa shape index (κ1) is 13.6. The molecule has 1 aliphatic heterocycles. The highest BCUT2D eigenvalue weighted by Crippen LogP contribution is 2.31. The quantitative estimate of drug-likeness (QED) is 0.736. The third-order valence-electron chi connectivity index (χ3n) is 3.56. The number of hydrogen-bond acceptors (Lipinski definition) is 2. The highest BCUT2D eigenvalue weighted by Gasteiger charge is 2.25. The van der Waals surface area contributed by atoms with Crippen molar-refractivity contribution in [3.63, 3.8) is 0 Å². The van der Waals surface area contributed by atoms with Gasteiger partial charge in [-0.05, 0) is 29.7 Å². The van der Waals surface area contributed by atoms with Crippen molar-refractivity contribution in [2.24, 2.45) is 23.5 Å². The molecule has 0 saturated carbocycles. The number of allylic oxidation sites excluding steroid dienone is 3. The third-order valence-corrected chi connectivity index (χ3v) is 3.56. The van der Waals surface area contributed by atoms with Crippen LogP contribution in [0.4, 0.5) is 0 Å². The van der Waals surface area contributed by atoms with Crippen molar-refractivity contribution in [2.45, 2.75) is 27.2 Å². The van der Waals surface area contributed by atoms with Crippen molar-refractivity contribution in [3.05, 3.63) is 36.2 Å². The molecule has 1 amide bonds. The molecule has 3 N–H and O–H groups in total. The first-order valence-electron chi connectivity index (χ1n) is 6.07. The molecule has 3 atom stereocenters. The van der Waals surface area contributed by atoms with Crippen molar-refractivity contribution in [2.75, 3.05) is 0 Å². The summed E-state index contributed by atoms with van der Waals surface area (Å²) in [5.74, 6) is 0.627. The summed E-state index contributed by atoms with van der Waals surface area (Å²) in [6, 6.07) is 0. The minimum Gasteiger partial charge on any atom is -0.394 e. The van der Waals surface area contributed by atoms with Crippen LogP contribution in [0.2, 0.25) is 0 Å². The third kappa shape index (κ3) is 2.99. The van der Waals surface area contributed by atoms with E-state index in [0.29, 0.717) is 11.6 Å². The molecule has 1 aliphatic rings. The van der Waals surface area contributed by atoms with Gasteiger partial charge < -0.3 is 11.1 Å². The molecule has 3 heteroatoms. The molecule has 0 spiro atoms. The summed E-state index contributed by atoms with van der Waals surface area (Å²) in [6.45, 7) is 10.1. The fourth-order valence-corrected chi connectivity index (χ4v) is 2.19. The van der Waals surface area contributed by atoms with E-state index in [1.54, 1.807) is 6.20 Å². The highest BCUT2D eigenvalue weighted by molar-refractivity contribution is 5.94. The molecule has 1 heterocycles. The summed E-state index contributed by atoms with van der Waals surface area (Å²) in [7, 11) is 0. The van der Waals surface area contributed by atoms with E-state index in [2.05, 4.69) is 32.7 Å². The fraction of sp³-hybridized carbons (Fsp3) is 0.500. The molecule has 0 bridgehead atoms. The summed E-state index contributed by atoms with van der Waals surface area (Å²) in [5.41, 5.74) is 7.38. The van der Waals surface area contributed by atoms with Gasteiger partial charge in [-0.25, -0.2) is 0 Å². The lowest BCUT2D eigenvalue weighted by atomic mass is 9.79. The van der Waals surface area contributed by atoms with E-state index in [1.807, 2.05) is 12.2 Å². The lowest BCUT2D eigenvalue weighted by molar-refractivity contribution is -0.116. The van der Waals surface area contributed by atoms with Gasteiger partial charge in [-0.2, -0.15) is 0 Å². The zero-order chi connectivity index (χ0) is 13.0. The molecule has 0 fully saturated rings. The second-order valence-corrected chi connectivity index (χ2v) is 4.77. The molecule has 0 aromatic heterocycles. The molecule has 3 unspecified atom stereocenters. The maximum absolute atomic E-state index is 11.8. The molecule has 17 heavy (non-hydrogen) atoms. The van der Waals surface area contributed by atoms with Crippen LogP contribution < -0.4 is 11.1 Å². The average Bonchev–Trinajstić information content (AvgIpc) is 2.31. The van der Waals surface area contributed by atoms with Crippen molar-refractivity contribution in [1.82, 2.24) is 5.32 Å². The normalized spacial score (nSPS) is 30.8. The summed E-state index contributed by atoms with van der Waals surface area (Å²) in [4.78, 5) is 11.8. The fourth-order valence-electron chi connectivity index (χ4n) is 2.19. The Morgan fingerprint density at radius 3 is 2.82 bits per heavy atom. The highest BCUT2D eigenvalue weighted by atomic mass is 16.1. The van der Waals surface area contributed by atoms with Crippen LogP contribution >= 0.6 is 0 Å². The predicted molar refractivity (Wildman–Crippen MR) is 70.8 cm³/mol. The molecular weight excluding hydrogens is 212 g/mol. The van der Waals surface area contributed by atoms with E-state index in [0.717, 1.165) is 12.0 Å². The van der Waals surface area contributed by atoms with Gasteiger partial charge in [0, 0.05) is 6.20 Å². The minimum absolute atomic E-state index is 0.203. The summed E-state index contributed by atoms with van der Waals surface area (Å²) >= 11 is 0. The maximum atomic E-state index is 11.8. The monoisotopic (exact) mass is 234 g/mol. The van der Waals surface area contributed by atoms with Gasteiger partial charge in [0.25, 0.3) is 5.91 Å². The molecule has 94 valence electrons. The SMILES string of the molecule is C=CC(C)C(C)/C1=C(\N)C(=O)N/C=C/CC1C. The van der Waals surface area contributed by atoms with Crippen LogP contribution in [-0.2, 0) is 4.79 Å². The van der Waals surface area contributed by atoms with E-state index in [1.165, 1.54) is 0 Å². The van der Waals surface area contributed by atoms with Gasteiger partial charge in [0.1, 0.15) is 0 Å². The summed E-state index contributed by atoms with van der Waals surface area (Å²) in [6.07, 6.45) is 6.44. The lowest BCUT2D eigenvalue weighted by Gasteiger charge is -2.27. The lowest BCUT2D eigenvalue weighted by Crippen LogP contribution is -2.31. The van der Waals surface area contributed by atoms with Crippen LogP contribution in [0.5, 0.6) is 0 Å². The topological polar surface area (TPSA) is 55.1 Å². The Labute approximate surface area is 103 Å². The molecule has 0 radical (unpaired) electrons. The zero-order valence-electron chi connectivity index (χ0n) is 10.9. The molecule has 0 aromatic carbocycles. The number of amides is 1. The molecule has 0 aromatic rings. The zero-order valence-corrected chi connectivity index (χ0v) is 10.9. The van der Waals surface area contributed by atoms with E-state index in [4.69, 9.17) is 5.73 Å². The van der Waals surface area contributed by atoms with Gasteiger partial charge in [0.2, 0.25) is 0 Å². The van der Waals surface area contributed by atoms with Gasteiger partial charge in [0.15, 0.2) is 0 Å². The van der Waals surface area contributed by atoms with Gasteiger partial charge in [-0.15, -0.1) is 6.58 Å². The van der Waals surface area contributed by atoms with E-state index < -0.39 is 0 Å². The first-order valence-corrected chi connectivity index (χ1v) is 6.07. The second-order valence-electron chi connectivity index (χ2n) is 4.77. The number of carbonyl (C=O) groups is 1. The van der Waals surface area contributed by atoms with Crippen LogP contribution in [0.25, 0.3) is 0 Å². The summed E-state index contributed by atoms with van der Waals surface area (Å²) < 4.78 is 0. The Balaban J connectivity index is 3.12. The predicted octanol–water partition coefficient (Wildman–Crippen LogP) is 2.33. The largest absolute Gasteiger partial charge is 0.394 e. The van der Waals surface area contributed by atoms with Crippen LogP contribution in [0.3, 0.4) is 0 Å². The maximum Gasteiger partial charge on any atom is 0.271 e. The van der Waals surface area contributed by atoms with E-state index in [9.17, 15) is 4.79 Å². The first-order chi connectivity index (χ1) is 7.99. The standard InChI is InChI=1S/C14H22N2O/c1-5-9(2)11(4)12-10(3)7-6-8-16-14(17)13(12)15/h5-6,8-11H,1,7,15H2,2-4H3,(H,16,17)/b8-6+,13-12-. The Bertz CT molecular complexity index is 368. The van der Waals surface area contributed by atoms with Crippen molar-refractivity contribution in [3.8, 4) is 0 Å². The molecule has 1 rings (SSSR count). The van der Waals surface area contributed by atoms with Crippen LogP contribution in [0.15, 0.2) is 36.2 Å². The molecular formula is C14H22N2O. The molecule has 3 nitrogen and oxygen atoms in total. The average molecular weight is 234 g/mol. The number of carbonyl (C=O) groups excluding carboxylic acids is 1. The molecule has 0 aliphatic carbocycles. The number of hydrogen-bond donors (Lipinski definition) is 2. The van der Waals surface area contributed by atoms with Crippen LogP contribution in [0, 0.1) is 17.8 Å². The Morgan fingerprint density at radius 2 is 2.24 bits per heavy atom. The smallest absolute Gasteiger partial charge is 0.271 e. The van der Waals surface area contributed by atoms with Crippen molar-refractivity contribution >= 4 is 5.91 Å². The Morgan fingerprint density at radius 1 is 1.59 bits per heavy atom.